The van der Waals surface area contributed by atoms with Crippen molar-refractivity contribution in [2.75, 3.05) is 6.54 Å². The van der Waals surface area contributed by atoms with Crippen molar-refractivity contribution in [3.05, 3.63) is 35.1 Å². The van der Waals surface area contributed by atoms with Crippen molar-refractivity contribution in [2.24, 2.45) is 5.92 Å². The van der Waals surface area contributed by atoms with Crippen molar-refractivity contribution in [3.63, 3.8) is 0 Å². The number of hydrogen-bond acceptors (Lipinski definition) is 2. The highest BCUT2D eigenvalue weighted by Crippen LogP contribution is 2.26. The molecule has 0 atom stereocenters. The first-order valence-electron chi connectivity index (χ1n) is 7.78. The minimum Gasteiger partial charge on any atom is -0.373 e. The molecule has 0 amide bonds. The molecule has 0 aromatic heterocycles. The first-order chi connectivity index (χ1) is 9.69. The molecule has 1 aromatic carbocycles. The summed E-state index contributed by atoms with van der Waals surface area (Å²) in [6.45, 7) is 6.46. The summed E-state index contributed by atoms with van der Waals surface area (Å²) >= 11 is 0. The van der Waals surface area contributed by atoms with E-state index in [9.17, 15) is 4.39 Å². The Labute approximate surface area is 121 Å². The van der Waals surface area contributed by atoms with Crippen molar-refractivity contribution in [1.82, 2.24) is 5.32 Å². The summed E-state index contributed by atoms with van der Waals surface area (Å²) in [5.74, 6) is 0.657. The molecule has 112 valence electrons. The molecular weight excluding hydrogens is 253 g/mol. The number of halogens is 1. The van der Waals surface area contributed by atoms with Crippen LogP contribution in [0.2, 0.25) is 0 Å². The molecule has 0 bridgehead atoms. The SMILES string of the molecule is CCNCc1ccc(F)c(COC2CCC(C)CC2)c1. The predicted molar refractivity (Wildman–Crippen MR) is 80.0 cm³/mol. The molecule has 3 heteroatoms. The van der Waals surface area contributed by atoms with Crippen LogP contribution in [0.4, 0.5) is 4.39 Å². The lowest BCUT2D eigenvalue weighted by Gasteiger charge is -2.26. The van der Waals surface area contributed by atoms with E-state index in [-0.39, 0.29) is 5.82 Å². The Morgan fingerprint density at radius 2 is 2.00 bits per heavy atom. The van der Waals surface area contributed by atoms with Gasteiger partial charge in [0, 0.05) is 12.1 Å². The van der Waals surface area contributed by atoms with Crippen molar-refractivity contribution in [1.29, 1.82) is 0 Å². The van der Waals surface area contributed by atoms with Gasteiger partial charge in [0.15, 0.2) is 0 Å². The lowest BCUT2D eigenvalue weighted by atomic mass is 9.89. The Bertz CT molecular complexity index is 413. The normalized spacial score (nSPS) is 22.9. The molecule has 0 aliphatic heterocycles. The number of benzene rings is 1. The van der Waals surface area contributed by atoms with Crippen molar-refractivity contribution in [3.8, 4) is 0 Å². The molecule has 1 aliphatic carbocycles. The fourth-order valence-electron chi connectivity index (χ4n) is 2.72. The Balaban J connectivity index is 1.87. The summed E-state index contributed by atoms with van der Waals surface area (Å²) in [7, 11) is 0. The van der Waals surface area contributed by atoms with Crippen molar-refractivity contribution >= 4 is 0 Å². The van der Waals surface area contributed by atoms with Crippen LogP contribution in [0.15, 0.2) is 18.2 Å². The zero-order chi connectivity index (χ0) is 14.4. The van der Waals surface area contributed by atoms with Crippen LogP contribution < -0.4 is 5.32 Å². The zero-order valence-electron chi connectivity index (χ0n) is 12.6. The minimum atomic E-state index is -0.158. The van der Waals surface area contributed by atoms with Gasteiger partial charge in [-0.1, -0.05) is 19.9 Å². The number of rotatable bonds is 6. The minimum absolute atomic E-state index is 0.158. The highest BCUT2D eigenvalue weighted by atomic mass is 19.1. The third-order valence-corrected chi connectivity index (χ3v) is 4.13. The average molecular weight is 279 g/mol. The highest BCUT2D eigenvalue weighted by Gasteiger charge is 2.19. The van der Waals surface area contributed by atoms with Gasteiger partial charge in [0.2, 0.25) is 0 Å². The van der Waals surface area contributed by atoms with Crippen LogP contribution in [0.5, 0.6) is 0 Å². The van der Waals surface area contributed by atoms with Gasteiger partial charge in [-0.25, -0.2) is 4.39 Å². The molecule has 0 heterocycles. The molecule has 1 fully saturated rings. The highest BCUT2D eigenvalue weighted by molar-refractivity contribution is 5.24. The monoisotopic (exact) mass is 279 g/mol. The van der Waals surface area contributed by atoms with Gasteiger partial charge in [-0.05, 0) is 55.8 Å². The van der Waals surface area contributed by atoms with E-state index >= 15 is 0 Å². The van der Waals surface area contributed by atoms with Gasteiger partial charge in [-0.15, -0.1) is 0 Å². The standard InChI is InChI=1S/C17H26FNO/c1-3-19-11-14-6-9-17(18)15(10-14)12-20-16-7-4-13(2)5-8-16/h6,9-10,13,16,19H,3-5,7-8,11-12H2,1-2H3. The van der Waals surface area contributed by atoms with Gasteiger partial charge in [-0.2, -0.15) is 0 Å². The Morgan fingerprint density at radius 1 is 1.25 bits per heavy atom. The molecule has 0 radical (unpaired) electrons. The molecule has 20 heavy (non-hydrogen) atoms. The largest absolute Gasteiger partial charge is 0.373 e. The molecular formula is C17H26FNO. The lowest BCUT2D eigenvalue weighted by molar-refractivity contribution is 0.00756. The van der Waals surface area contributed by atoms with Gasteiger partial charge in [0.1, 0.15) is 5.82 Å². The summed E-state index contributed by atoms with van der Waals surface area (Å²) in [5.41, 5.74) is 1.79. The second-order valence-electron chi connectivity index (χ2n) is 5.90. The molecule has 1 N–H and O–H groups in total. The smallest absolute Gasteiger partial charge is 0.128 e. The third-order valence-electron chi connectivity index (χ3n) is 4.13. The fraction of sp³-hybridized carbons (Fsp3) is 0.647. The molecule has 0 saturated heterocycles. The first-order valence-corrected chi connectivity index (χ1v) is 7.78. The summed E-state index contributed by atoms with van der Waals surface area (Å²) in [6.07, 6.45) is 4.99. The van der Waals surface area contributed by atoms with E-state index in [1.54, 1.807) is 6.07 Å². The Kier molecular flexibility index (Phi) is 5.99. The van der Waals surface area contributed by atoms with E-state index in [1.165, 1.54) is 12.8 Å². The maximum Gasteiger partial charge on any atom is 0.128 e. The van der Waals surface area contributed by atoms with E-state index in [0.29, 0.717) is 18.3 Å². The van der Waals surface area contributed by atoms with E-state index in [4.69, 9.17) is 4.74 Å². The maximum atomic E-state index is 13.8. The lowest BCUT2D eigenvalue weighted by Crippen LogP contribution is -2.20. The average Bonchev–Trinajstić information content (AvgIpc) is 2.46. The topological polar surface area (TPSA) is 21.3 Å². The van der Waals surface area contributed by atoms with Crippen LogP contribution >= 0.6 is 0 Å². The van der Waals surface area contributed by atoms with Crippen LogP contribution in [-0.2, 0) is 17.9 Å². The predicted octanol–water partition coefficient (Wildman–Crippen LogP) is 4.03. The first kappa shape index (κ1) is 15.5. The Hall–Kier alpha value is -0.930. The van der Waals surface area contributed by atoms with Crippen LogP contribution in [0.25, 0.3) is 0 Å². The van der Waals surface area contributed by atoms with Crippen molar-refractivity contribution < 1.29 is 9.13 Å². The Morgan fingerprint density at radius 3 is 2.70 bits per heavy atom. The fourth-order valence-corrected chi connectivity index (χ4v) is 2.72. The zero-order valence-corrected chi connectivity index (χ0v) is 12.6. The number of nitrogens with one attached hydrogen (secondary N) is 1. The van der Waals surface area contributed by atoms with E-state index in [1.807, 2.05) is 12.1 Å². The van der Waals surface area contributed by atoms with Gasteiger partial charge < -0.3 is 10.1 Å². The summed E-state index contributed by atoms with van der Waals surface area (Å²) < 4.78 is 19.7. The number of ether oxygens (including phenoxy) is 1. The van der Waals surface area contributed by atoms with Crippen LogP contribution in [0.3, 0.4) is 0 Å². The molecule has 1 saturated carbocycles. The van der Waals surface area contributed by atoms with E-state index < -0.39 is 0 Å². The number of hydrogen-bond donors (Lipinski definition) is 1. The van der Waals surface area contributed by atoms with Crippen LogP contribution in [-0.4, -0.2) is 12.6 Å². The molecule has 1 aliphatic rings. The molecule has 2 rings (SSSR count). The van der Waals surface area contributed by atoms with Gasteiger partial charge in [0.05, 0.1) is 12.7 Å². The van der Waals surface area contributed by atoms with E-state index in [0.717, 1.165) is 37.4 Å². The molecule has 2 nitrogen and oxygen atoms in total. The van der Waals surface area contributed by atoms with Crippen molar-refractivity contribution in [2.45, 2.75) is 58.8 Å². The summed E-state index contributed by atoms with van der Waals surface area (Å²) in [4.78, 5) is 0. The molecule has 1 aromatic rings. The second-order valence-corrected chi connectivity index (χ2v) is 5.90. The van der Waals surface area contributed by atoms with Gasteiger partial charge in [-0.3, -0.25) is 0 Å². The van der Waals surface area contributed by atoms with Gasteiger partial charge in [0.25, 0.3) is 0 Å². The second kappa shape index (κ2) is 7.75. The van der Waals surface area contributed by atoms with Crippen LogP contribution in [0, 0.1) is 11.7 Å². The van der Waals surface area contributed by atoms with E-state index in [2.05, 4.69) is 19.2 Å². The summed E-state index contributed by atoms with van der Waals surface area (Å²) in [5, 5.41) is 3.26. The van der Waals surface area contributed by atoms with Gasteiger partial charge >= 0.3 is 0 Å². The van der Waals surface area contributed by atoms with Crippen LogP contribution in [0.1, 0.15) is 50.7 Å². The third kappa shape index (κ3) is 4.57. The molecule has 0 spiro atoms. The maximum absolute atomic E-state index is 13.8. The summed E-state index contributed by atoms with van der Waals surface area (Å²) in [6, 6.07) is 5.31. The molecule has 0 unspecified atom stereocenters. The quantitative estimate of drug-likeness (QED) is 0.849.